The fraction of sp³-hybridized carbons (Fsp3) is 0.118. The van der Waals surface area contributed by atoms with Crippen molar-refractivity contribution in [2.24, 2.45) is 5.14 Å². The standard InChI is InChI=1S/C17H17N5O3S2/c1-10-5-3-8-14(19-10)22-16(23)15-17(26-11(2)20-15)21-12-6-4-7-13(9-12)27(18,24)25/h3-9,21H,1-2H3,(H2,18,24,25)(H,19,22,23). The largest absolute Gasteiger partial charge is 0.345 e. The van der Waals surface area contributed by atoms with Crippen molar-refractivity contribution in [1.82, 2.24) is 9.97 Å². The second-order valence-corrected chi connectivity index (χ2v) is 8.49. The van der Waals surface area contributed by atoms with Crippen LogP contribution in [0.1, 0.15) is 21.2 Å². The highest BCUT2D eigenvalue weighted by molar-refractivity contribution is 7.89. The Morgan fingerprint density at radius 3 is 2.56 bits per heavy atom. The first-order chi connectivity index (χ1) is 12.7. The third-order valence-corrected chi connectivity index (χ3v) is 5.30. The van der Waals surface area contributed by atoms with Gasteiger partial charge >= 0.3 is 0 Å². The maximum absolute atomic E-state index is 12.6. The average molecular weight is 403 g/mol. The van der Waals surface area contributed by atoms with E-state index in [1.54, 1.807) is 31.2 Å². The number of benzene rings is 1. The van der Waals surface area contributed by atoms with Gasteiger partial charge < -0.3 is 10.6 Å². The number of hydrogen-bond donors (Lipinski definition) is 3. The molecule has 0 aliphatic rings. The molecule has 4 N–H and O–H groups in total. The number of hydrogen-bond acceptors (Lipinski definition) is 7. The Morgan fingerprint density at radius 2 is 1.85 bits per heavy atom. The third kappa shape index (κ3) is 4.67. The molecule has 8 nitrogen and oxygen atoms in total. The van der Waals surface area contributed by atoms with E-state index in [0.29, 0.717) is 21.5 Å². The van der Waals surface area contributed by atoms with Crippen LogP contribution in [-0.2, 0) is 10.0 Å². The molecule has 10 heteroatoms. The Balaban J connectivity index is 1.87. The molecule has 0 bridgehead atoms. The maximum Gasteiger partial charge on any atom is 0.278 e. The zero-order valence-electron chi connectivity index (χ0n) is 14.6. The maximum atomic E-state index is 12.6. The summed E-state index contributed by atoms with van der Waals surface area (Å²) in [6.07, 6.45) is 0. The molecule has 0 spiro atoms. The number of amides is 1. The Kier molecular flexibility index (Phi) is 5.22. The molecular formula is C17H17N5O3S2. The summed E-state index contributed by atoms with van der Waals surface area (Å²) < 4.78 is 23.0. The molecule has 0 aliphatic heterocycles. The molecule has 0 saturated carbocycles. The summed E-state index contributed by atoms with van der Waals surface area (Å²) in [5.74, 6) is 0.00961. The summed E-state index contributed by atoms with van der Waals surface area (Å²) in [6.45, 7) is 3.60. The number of carbonyl (C=O) groups excluding carboxylic acids is 1. The fourth-order valence-corrected chi connectivity index (χ4v) is 3.73. The predicted molar refractivity (Wildman–Crippen MR) is 105 cm³/mol. The van der Waals surface area contributed by atoms with Crippen LogP contribution in [-0.4, -0.2) is 24.3 Å². The summed E-state index contributed by atoms with van der Waals surface area (Å²) >= 11 is 1.28. The second kappa shape index (κ2) is 7.43. The Hall–Kier alpha value is -2.82. The lowest BCUT2D eigenvalue weighted by Gasteiger charge is -2.08. The molecule has 2 heterocycles. The zero-order chi connectivity index (χ0) is 19.6. The van der Waals surface area contributed by atoms with Crippen LogP contribution in [0.5, 0.6) is 0 Å². The minimum Gasteiger partial charge on any atom is -0.345 e. The number of nitrogens with two attached hydrogens (primary N) is 1. The topological polar surface area (TPSA) is 127 Å². The van der Waals surface area contributed by atoms with Gasteiger partial charge in [0, 0.05) is 11.4 Å². The van der Waals surface area contributed by atoms with Gasteiger partial charge in [-0.1, -0.05) is 12.1 Å². The van der Waals surface area contributed by atoms with Gasteiger partial charge in [-0.2, -0.15) is 0 Å². The van der Waals surface area contributed by atoms with Crippen LogP contribution >= 0.6 is 11.3 Å². The smallest absolute Gasteiger partial charge is 0.278 e. The van der Waals surface area contributed by atoms with E-state index in [-0.39, 0.29) is 10.6 Å². The highest BCUT2D eigenvalue weighted by Gasteiger charge is 2.18. The minimum atomic E-state index is -3.82. The number of rotatable bonds is 5. The lowest BCUT2D eigenvalue weighted by molar-refractivity contribution is 0.102. The molecular weight excluding hydrogens is 386 g/mol. The van der Waals surface area contributed by atoms with E-state index >= 15 is 0 Å². The minimum absolute atomic E-state index is 0.0244. The van der Waals surface area contributed by atoms with Crippen LogP contribution in [0, 0.1) is 13.8 Å². The number of nitrogens with zero attached hydrogens (tertiary/aromatic N) is 2. The van der Waals surface area contributed by atoms with Crippen LogP contribution < -0.4 is 15.8 Å². The molecule has 0 unspecified atom stereocenters. The molecule has 27 heavy (non-hydrogen) atoms. The molecule has 0 fully saturated rings. The Labute approximate surface area is 160 Å². The van der Waals surface area contributed by atoms with Gasteiger partial charge in [-0.25, -0.2) is 23.5 Å². The number of anilines is 3. The molecule has 0 saturated heterocycles. The van der Waals surface area contributed by atoms with Crippen LogP contribution in [0.3, 0.4) is 0 Å². The number of nitrogens with one attached hydrogen (secondary N) is 2. The first-order valence-corrected chi connectivity index (χ1v) is 10.2. The van der Waals surface area contributed by atoms with Crippen molar-refractivity contribution in [3.63, 3.8) is 0 Å². The highest BCUT2D eigenvalue weighted by atomic mass is 32.2. The van der Waals surface area contributed by atoms with Crippen LogP contribution in [0.2, 0.25) is 0 Å². The molecule has 140 valence electrons. The molecule has 0 atom stereocenters. The van der Waals surface area contributed by atoms with Crippen molar-refractivity contribution < 1.29 is 13.2 Å². The van der Waals surface area contributed by atoms with Gasteiger partial charge in [0.2, 0.25) is 10.0 Å². The van der Waals surface area contributed by atoms with Gasteiger partial charge in [0.05, 0.1) is 9.90 Å². The van der Waals surface area contributed by atoms with Crippen LogP contribution in [0.15, 0.2) is 47.4 Å². The van der Waals surface area contributed by atoms with E-state index in [2.05, 4.69) is 20.6 Å². The molecule has 0 radical (unpaired) electrons. The van der Waals surface area contributed by atoms with E-state index < -0.39 is 15.9 Å². The number of thiazole rings is 1. The van der Waals surface area contributed by atoms with E-state index in [0.717, 1.165) is 5.69 Å². The highest BCUT2D eigenvalue weighted by Crippen LogP contribution is 2.29. The van der Waals surface area contributed by atoms with Crippen molar-refractivity contribution in [2.45, 2.75) is 18.7 Å². The summed E-state index contributed by atoms with van der Waals surface area (Å²) in [5.41, 5.74) is 1.45. The predicted octanol–water partition coefficient (Wildman–Crippen LogP) is 2.80. The first kappa shape index (κ1) is 19.0. The number of aryl methyl sites for hydroxylation is 2. The lowest BCUT2D eigenvalue weighted by atomic mass is 10.3. The van der Waals surface area contributed by atoms with Gasteiger partial charge in [0.15, 0.2) is 5.69 Å². The van der Waals surface area contributed by atoms with E-state index in [9.17, 15) is 13.2 Å². The molecule has 2 aromatic heterocycles. The number of sulfonamides is 1. The number of pyridine rings is 1. The van der Waals surface area contributed by atoms with Crippen molar-refractivity contribution in [3.05, 3.63) is 58.9 Å². The van der Waals surface area contributed by atoms with Gasteiger partial charge in [0.25, 0.3) is 5.91 Å². The van der Waals surface area contributed by atoms with Gasteiger partial charge in [-0.05, 0) is 44.2 Å². The van der Waals surface area contributed by atoms with Crippen molar-refractivity contribution in [2.75, 3.05) is 10.6 Å². The van der Waals surface area contributed by atoms with Crippen LogP contribution in [0.4, 0.5) is 16.5 Å². The fourth-order valence-electron chi connectivity index (χ4n) is 2.34. The van der Waals surface area contributed by atoms with Gasteiger partial charge in [-0.3, -0.25) is 4.79 Å². The monoisotopic (exact) mass is 403 g/mol. The first-order valence-electron chi connectivity index (χ1n) is 7.85. The van der Waals surface area contributed by atoms with Gasteiger partial charge in [-0.15, -0.1) is 11.3 Å². The van der Waals surface area contributed by atoms with Crippen molar-refractivity contribution in [1.29, 1.82) is 0 Å². The zero-order valence-corrected chi connectivity index (χ0v) is 16.2. The Morgan fingerprint density at radius 1 is 1.11 bits per heavy atom. The van der Waals surface area contributed by atoms with E-state index in [1.165, 1.54) is 23.5 Å². The average Bonchev–Trinajstić information content (AvgIpc) is 2.95. The van der Waals surface area contributed by atoms with Crippen molar-refractivity contribution >= 4 is 43.8 Å². The normalized spacial score (nSPS) is 11.2. The second-order valence-electron chi connectivity index (χ2n) is 5.73. The van der Waals surface area contributed by atoms with E-state index in [4.69, 9.17) is 5.14 Å². The third-order valence-electron chi connectivity index (χ3n) is 3.50. The summed E-state index contributed by atoms with van der Waals surface area (Å²) in [5, 5.41) is 12.1. The summed E-state index contributed by atoms with van der Waals surface area (Å²) in [6, 6.07) is 11.3. The SMILES string of the molecule is Cc1cccc(NC(=O)c2nc(C)sc2Nc2cccc(S(N)(=O)=O)c2)n1. The van der Waals surface area contributed by atoms with E-state index in [1.807, 2.05) is 13.0 Å². The van der Waals surface area contributed by atoms with Gasteiger partial charge in [0.1, 0.15) is 10.8 Å². The Bertz CT molecular complexity index is 1110. The quantitative estimate of drug-likeness (QED) is 0.601. The summed E-state index contributed by atoms with van der Waals surface area (Å²) in [7, 11) is -3.82. The number of primary sulfonamides is 1. The number of carbonyl (C=O) groups is 1. The molecule has 1 amide bonds. The number of aromatic nitrogens is 2. The van der Waals surface area contributed by atoms with Crippen LogP contribution in [0.25, 0.3) is 0 Å². The molecule has 3 rings (SSSR count). The van der Waals surface area contributed by atoms with Crippen molar-refractivity contribution in [3.8, 4) is 0 Å². The lowest BCUT2D eigenvalue weighted by Crippen LogP contribution is -2.15. The summed E-state index contributed by atoms with van der Waals surface area (Å²) in [4.78, 5) is 21.1. The molecule has 1 aromatic carbocycles. The molecule has 0 aliphatic carbocycles. The molecule has 3 aromatic rings.